The molecule has 1 fully saturated rings. The van der Waals surface area contributed by atoms with E-state index in [1.54, 1.807) is 11.3 Å². The zero-order valence-corrected chi connectivity index (χ0v) is 12.3. The predicted molar refractivity (Wildman–Crippen MR) is 73.7 cm³/mol. The summed E-state index contributed by atoms with van der Waals surface area (Å²) in [5.74, 6) is 0. The van der Waals surface area contributed by atoms with Crippen LogP contribution in [0.4, 0.5) is 0 Å². The molecule has 1 aliphatic rings. The van der Waals surface area contributed by atoms with Gasteiger partial charge in [0.15, 0.2) is 4.47 Å². The average Bonchev–Trinajstić information content (AvgIpc) is 2.57. The molecule has 0 atom stereocenters. The van der Waals surface area contributed by atoms with Gasteiger partial charge < -0.3 is 4.90 Å². The Balaban J connectivity index is 1.90. The lowest BCUT2D eigenvalue weighted by Crippen LogP contribution is -2.56. The van der Waals surface area contributed by atoms with Crippen molar-refractivity contribution in [2.24, 2.45) is 0 Å². The molecule has 5 heteroatoms. The molecule has 0 radical (unpaired) electrons. The summed E-state index contributed by atoms with van der Waals surface area (Å²) in [7, 11) is 6.56. The molecule has 96 valence electrons. The number of aromatic nitrogens is 1. The van der Waals surface area contributed by atoms with Crippen molar-refractivity contribution in [2.75, 3.05) is 27.7 Å². The van der Waals surface area contributed by atoms with Gasteiger partial charge in [-0.2, -0.15) is 0 Å². The number of hydrogen-bond acceptors (Lipinski definition) is 4. The smallest absolute Gasteiger partial charge is 0.183 e. The quantitative estimate of drug-likeness (QED) is 0.822. The Kier molecular flexibility index (Phi) is 4.08. The zero-order valence-electron chi connectivity index (χ0n) is 10.7. The molecule has 0 saturated heterocycles. The minimum absolute atomic E-state index is 0.392. The van der Waals surface area contributed by atoms with Gasteiger partial charge in [-0.3, -0.25) is 4.90 Å². The summed E-state index contributed by atoms with van der Waals surface area (Å²) in [6, 6.07) is 0. The zero-order chi connectivity index (χ0) is 12.5. The monoisotopic (exact) mass is 273 g/mol. The molecular formula is C12H20ClN3S. The lowest BCUT2D eigenvalue weighted by atomic mass is 9.75. The standard InChI is InChI=1S/C12H20ClN3S/c1-15(2)12(5-4-6-12)9-16(3)8-10-7-14-11(13)17-10/h7H,4-6,8-9H2,1-3H3. The van der Waals surface area contributed by atoms with E-state index in [1.165, 1.54) is 24.1 Å². The molecule has 0 N–H and O–H groups in total. The van der Waals surface area contributed by atoms with Crippen LogP contribution in [0.1, 0.15) is 24.1 Å². The molecule has 1 saturated carbocycles. The van der Waals surface area contributed by atoms with Gasteiger partial charge >= 0.3 is 0 Å². The van der Waals surface area contributed by atoms with Gasteiger partial charge in [0, 0.05) is 29.7 Å². The maximum Gasteiger partial charge on any atom is 0.183 e. The lowest BCUT2D eigenvalue weighted by Gasteiger charge is -2.49. The van der Waals surface area contributed by atoms with E-state index in [0.717, 1.165) is 13.1 Å². The van der Waals surface area contributed by atoms with Gasteiger partial charge in [0.25, 0.3) is 0 Å². The molecule has 0 unspecified atom stereocenters. The number of halogens is 1. The Bertz CT molecular complexity index is 374. The Hall–Kier alpha value is -0.160. The van der Waals surface area contributed by atoms with Crippen LogP contribution in [0.25, 0.3) is 0 Å². The molecule has 0 aromatic carbocycles. The molecule has 0 amide bonds. The minimum atomic E-state index is 0.392. The van der Waals surface area contributed by atoms with Crippen molar-refractivity contribution in [3.05, 3.63) is 15.5 Å². The maximum absolute atomic E-state index is 5.85. The van der Waals surface area contributed by atoms with Crippen molar-refractivity contribution in [1.29, 1.82) is 0 Å². The van der Waals surface area contributed by atoms with Gasteiger partial charge in [-0.15, -0.1) is 11.3 Å². The van der Waals surface area contributed by atoms with Gasteiger partial charge in [0.05, 0.1) is 0 Å². The number of likely N-dealkylation sites (N-methyl/N-ethyl adjacent to an activating group) is 2. The van der Waals surface area contributed by atoms with E-state index in [1.807, 2.05) is 6.20 Å². The molecule has 0 aliphatic heterocycles. The van der Waals surface area contributed by atoms with Gasteiger partial charge in [-0.1, -0.05) is 11.6 Å². The van der Waals surface area contributed by atoms with E-state index in [0.29, 0.717) is 10.0 Å². The second kappa shape index (κ2) is 5.22. The van der Waals surface area contributed by atoms with E-state index in [9.17, 15) is 0 Å². The van der Waals surface area contributed by atoms with Crippen molar-refractivity contribution in [1.82, 2.24) is 14.8 Å². The van der Waals surface area contributed by atoms with Gasteiger partial charge in [0.2, 0.25) is 0 Å². The van der Waals surface area contributed by atoms with E-state index < -0.39 is 0 Å². The van der Waals surface area contributed by atoms with Crippen molar-refractivity contribution < 1.29 is 0 Å². The molecular weight excluding hydrogens is 254 g/mol. The first-order valence-electron chi connectivity index (χ1n) is 5.98. The third-order valence-corrected chi connectivity index (χ3v) is 4.85. The van der Waals surface area contributed by atoms with E-state index in [4.69, 9.17) is 11.6 Å². The first-order chi connectivity index (χ1) is 8.02. The maximum atomic E-state index is 5.85. The van der Waals surface area contributed by atoms with Crippen LogP contribution in [-0.4, -0.2) is 48.0 Å². The topological polar surface area (TPSA) is 19.4 Å². The van der Waals surface area contributed by atoms with Gasteiger partial charge in [-0.05, 0) is 40.4 Å². The molecule has 2 rings (SSSR count). The highest BCUT2D eigenvalue weighted by atomic mass is 35.5. The summed E-state index contributed by atoms with van der Waals surface area (Å²) in [6.45, 7) is 2.06. The highest BCUT2D eigenvalue weighted by Gasteiger charge is 2.39. The van der Waals surface area contributed by atoms with Gasteiger partial charge in [-0.25, -0.2) is 4.98 Å². The predicted octanol–water partition coefficient (Wildman–Crippen LogP) is 2.71. The van der Waals surface area contributed by atoms with Crippen molar-refractivity contribution >= 4 is 22.9 Å². The third-order valence-electron chi connectivity index (χ3n) is 3.75. The fraction of sp³-hybridized carbons (Fsp3) is 0.750. The summed E-state index contributed by atoms with van der Waals surface area (Å²) in [5, 5.41) is 0. The lowest BCUT2D eigenvalue weighted by molar-refractivity contribution is 0.0261. The van der Waals surface area contributed by atoms with Crippen LogP contribution >= 0.6 is 22.9 Å². The summed E-state index contributed by atoms with van der Waals surface area (Å²) in [4.78, 5) is 10.1. The minimum Gasteiger partial charge on any atom is -0.302 e. The normalized spacial score (nSPS) is 18.7. The van der Waals surface area contributed by atoms with Crippen LogP contribution < -0.4 is 0 Å². The van der Waals surface area contributed by atoms with E-state index in [2.05, 4.69) is 35.9 Å². The third kappa shape index (κ3) is 2.99. The number of nitrogens with zero attached hydrogens (tertiary/aromatic N) is 3. The molecule has 17 heavy (non-hydrogen) atoms. The Morgan fingerprint density at radius 3 is 2.53 bits per heavy atom. The molecule has 1 aliphatic carbocycles. The van der Waals surface area contributed by atoms with E-state index >= 15 is 0 Å². The molecule has 1 aromatic rings. The summed E-state index contributed by atoms with van der Waals surface area (Å²) >= 11 is 7.42. The summed E-state index contributed by atoms with van der Waals surface area (Å²) in [5.41, 5.74) is 0.392. The van der Waals surface area contributed by atoms with Crippen LogP contribution in [0, 0.1) is 0 Å². The number of thiazole rings is 1. The SMILES string of the molecule is CN(Cc1cnc(Cl)s1)CC1(N(C)C)CCC1. The summed E-state index contributed by atoms with van der Waals surface area (Å²) < 4.78 is 0.638. The summed E-state index contributed by atoms with van der Waals surface area (Å²) in [6.07, 6.45) is 5.87. The average molecular weight is 274 g/mol. The first kappa shape index (κ1) is 13.3. The second-order valence-corrected chi connectivity index (χ2v) is 6.92. The fourth-order valence-corrected chi connectivity index (χ4v) is 3.57. The largest absolute Gasteiger partial charge is 0.302 e. The number of rotatable bonds is 5. The highest BCUT2D eigenvalue weighted by molar-refractivity contribution is 7.15. The fourth-order valence-electron chi connectivity index (χ4n) is 2.51. The highest BCUT2D eigenvalue weighted by Crippen LogP contribution is 2.37. The first-order valence-corrected chi connectivity index (χ1v) is 7.17. The Labute approximate surface area is 112 Å². The van der Waals surface area contributed by atoms with Crippen LogP contribution in [-0.2, 0) is 6.54 Å². The van der Waals surface area contributed by atoms with Crippen molar-refractivity contribution in [3.63, 3.8) is 0 Å². The Morgan fingerprint density at radius 1 is 1.41 bits per heavy atom. The van der Waals surface area contributed by atoms with Crippen LogP contribution in [0.3, 0.4) is 0 Å². The van der Waals surface area contributed by atoms with Gasteiger partial charge in [0.1, 0.15) is 0 Å². The second-order valence-electron chi connectivity index (χ2n) is 5.22. The number of hydrogen-bond donors (Lipinski definition) is 0. The van der Waals surface area contributed by atoms with E-state index in [-0.39, 0.29) is 0 Å². The van der Waals surface area contributed by atoms with Crippen LogP contribution in [0.2, 0.25) is 4.47 Å². The van der Waals surface area contributed by atoms with Crippen LogP contribution in [0.15, 0.2) is 6.20 Å². The molecule has 1 heterocycles. The molecule has 1 aromatic heterocycles. The van der Waals surface area contributed by atoms with Crippen LogP contribution in [0.5, 0.6) is 0 Å². The Morgan fingerprint density at radius 2 is 2.12 bits per heavy atom. The molecule has 3 nitrogen and oxygen atoms in total. The molecule has 0 spiro atoms. The van der Waals surface area contributed by atoms with Crippen molar-refractivity contribution in [3.8, 4) is 0 Å². The van der Waals surface area contributed by atoms with Crippen molar-refractivity contribution in [2.45, 2.75) is 31.3 Å². The molecule has 0 bridgehead atoms.